The first-order chi connectivity index (χ1) is 11.6. The number of aryl methyl sites for hydroxylation is 1. The number of allylic oxidation sites excluding steroid dienone is 1. The minimum atomic E-state index is -0.0519. The fourth-order valence-corrected chi connectivity index (χ4v) is 3.59. The van der Waals surface area contributed by atoms with Gasteiger partial charge in [0.1, 0.15) is 0 Å². The van der Waals surface area contributed by atoms with Crippen LogP contribution in [0, 0.1) is 6.92 Å². The van der Waals surface area contributed by atoms with Gasteiger partial charge in [-0.1, -0.05) is 59.8 Å². The van der Waals surface area contributed by atoms with E-state index in [-0.39, 0.29) is 5.56 Å². The molecule has 0 unspecified atom stereocenters. The lowest BCUT2D eigenvalue weighted by atomic mass is 10.2. The molecule has 0 aliphatic heterocycles. The summed E-state index contributed by atoms with van der Waals surface area (Å²) in [6.45, 7) is 3.83. The van der Waals surface area contributed by atoms with Gasteiger partial charge in [-0.15, -0.1) is 0 Å². The molecule has 0 saturated heterocycles. The summed E-state index contributed by atoms with van der Waals surface area (Å²) in [5, 5.41) is 2.02. The number of benzene rings is 2. The average Bonchev–Trinajstić information content (AvgIpc) is 2.56. The van der Waals surface area contributed by atoms with Gasteiger partial charge in [-0.2, -0.15) is 0 Å². The molecule has 0 bridgehead atoms. The zero-order valence-electron chi connectivity index (χ0n) is 13.5. The molecule has 0 spiro atoms. The Balaban J connectivity index is 2.24. The van der Waals surface area contributed by atoms with E-state index in [0.29, 0.717) is 21.8 Å². The zero-order chi connectivity index (χ0) is 17.1. The number of halogens is 1. The van der Waals surface area contributed by atoms with Crippen LogP contribution in [0.15, 0.2) is 69.6 Å². The van der Waals surface area contributed by atoms with Crippen LogP contribution in [-0.2, 0) is 0 Å². The second kappa shape index (κ2) is 7.24. The molecule has 0 N–H and O–H groups in total. The Morgan fingerprint density at radius 3 is 2.67 bits per heavy atom. The minimum Gasteiger partial charge on any atom is -0.268 e. The molecule has 1 heterocycles. The quantitative estimate of drug-likeness (QED) is 0.491. The van der Waals surface area contributed by atoms with E-state index in [2.05, 4.69) is 0 Å². The highest BCUT2D eigenvalue weighted by atomic mass is 35.5. The molecule has 1 aromatic heterocycles. The third-order valence-electron chi connectivity index (χ3n) is 3.68. The highest BCUT2D eigenvalue weighted by molar-refractivity contribution is 7.99. The number of hydrogen-bond acceptors (Lipinski definition) is 3. The first kappa shape index (κ1) is 16.8. The first-order valence-electron chi connectivity index (χ1n) is 7.61. The van der Waals surface area contributed by atoms with Gasteiger partial charge in [0.05, 0.1) is 16.6 Å². The molecule has 24 heavy (non-hydrogen) atoms. The van der Waals surface area contributed by atoms with Crippen LogP contribution in [0.2, 0.25) is 0 Å². The summed E-state index contributed by atoms with van der Waals surface area (Å²) < 4.78 is 1.69. The number of fused-ring (bicyclic) bond motifs is 1. The van der Waals surface area contributed by atoms with Crippen LogP contribution < -0.4 is 5.56 Å². The van der Waals surface area contributed by atoms with Crippen molar-refractivity contribution in [2.75, 3.05) is 5.75 Å². The van der Waals surface area contributed by atoms with Crippen LogP contribution in [0.5, 0.6) is 0 Å². The summed E-state index contributed by atoms with van der Waals surface area (Å²) in [4.78, 5) is 17.8. The summed E-state index contributed by atoms with van der Waals surface area (Å²) in [6.07, 6.45) is 1.91. The fraction of sp³-hybridized carbons (Fsp3) is 0.158. The van der Waals surface area contributed by atoms with Gasteiger partial charge in [0.15, 0.2) is 5.16 Å². The van der Waals surface area contributed by atoms with Crippen molar-refractivity contribution in [1.82, 2.24) is 9.55 Å². The van der Waals surface area contributed by atoms with E-state index in [9.17, 15) is 4.79 Å². The van der Waals surface area contributed by atoms with E-state index in [1.807, 2.05) is 68.5 Å². The van der Waals surface area contributed by atoms with Gasteiger partial charge in [-0.25, -0.2) is 4.98 Å². The highest BCUT2D eigenvalue weighted by Gasteiger charge is 2.14. The van der Waals surface area contributed by atoms with Gasteiger partial charge in [0.2, 0.25) is 0 Å². The van der Waals surface area contributed by atoms with Crippen LogP contribution in [0.4, 0.5) is 0 Å². The summed E-state index contributed by atoms with van der Waals surface area (Å²) in [7, 11) is 0. The lowest BCUT2D eigenvalue weighted by Crippen LogP contribution is -2.22. The van der Waals surface area contributed by atoms with Crippen molar-refractivity contribution in [3.63, 3.8) is 0 Å². The van der Waals surface area contributed by atoms with E-state index < -0.39 is 0 Å². The van der Waals surface area contributed by atoms with Gasteiger partial charge in [0.25, 0.3) is 5.56 Å². The number of aromatic nitrogens is 2. The van der Waals surface area contributed by atoms with Crippen molar-refractivity contribution in [2.24, 2.45) is 0 Å². The Hall–Kier alpha value is -2.04. The van der Waals surface area contributed by atoms with E-state index in [4.69, 9.17) is 16.6 Å². The maximum atomic E-state index is 13.1. The van der Waals surface area contributed by atoms with Crippen molar-refractivity contribution in [2.45, 2.75) is 19.0 Å². The van der Waals surface area contributed by atoms with E-state index in [0.717, 1.165) is 16.3 Å². The van der Waals surface area contributed by atoms with Crippen LogP contribution in [0.1, 0.15) is 12.5 Å². The van der Waals surface area contributed by atoms with Crippen molar-refractivity contribution < 1.29 is 0 Å². The van der Waals surface area contributed by atoms with Crippen molar-refractivity contribution in [3.8, 4) is 5.69 Å². The van der Waals surface area contributed by atoms with Gasteiger partial charge >= 0.3 is 0 Å². The molecule has 3 rings (SSSR count). The molecule has 5 heteroatoms. The predicted octanol–water partition coefficient (Wildman–Crippen LogP) is 4.93. The Bertz CT molecular complexity index is 975. The zero-order valence-corrected chi connectivity index (χ0v) is 15.1. The van der Waals surface area contributed by atoms with Crippen molar-refractivity contribution >= 4 is 34.3 Å². The number of rotatable bonds is 4. The molecule has 2 aromatic carbocycles. The monoisotopic (exact) mass is 356 g/mol. The first-order valence-corrected chi connectivity index (χ1v) is 8.97. The average molecular weight is 357 g/mol. The van der Waals surface area contributed by atoms with Crippen LogP contribution in [0.25, 0.3) is 16.6 Å². The maximum Gasteiger partial charge on any atom is 0.266 e. The Labute approximate surface area is 150 Å². The lowest BCUT2D eigenvalue weighted by Gasteiger charge is -2.14. The van der Waals surface area contributed by atoms with Gasteiger partial charge in [-0.3, -0.25) is 9.36 Å². The predicted molar refractivity (Wildman–Crippen MR) is 102 cm³/mol. The third-order valence-corrected chi connectivity index (χ3v) is 4.70. The number of nitrogens with zero attached hydrogens (tertiary/aromatic N) is 2. The maximum absolute atomic E-state index is 13.1. The number of thioether (sulfide) groups is 1. The van der Waals surface area contributed by atoms with E-state index in [1.54, 1.807) is 4.57 Å². The van der Waals surface area contributed by atoms with Crippen molar-refractivity contribution in [3.05, 3.63) is 75.6 Å². The molecule has 0 aliphatic rings. The highest BCUT2D eigenvalue weighted by Crippen LogP contribution is 2.23. The van der Waals surface area contributed by atoms with Crippen molar-refractivity contribution in [1.29, 1.82) is 0 Å². The summed E-state index contributed by atoms with van der Waals surface area (Å²) in [5.41, 5.74) is 2.54. The lowest BCUT2D eigenvalue weighted by molar-refractivity contribution is 0.815. The smallest absolute Gasteiger partial charge is 0.266 e. The van der Waals surface area contributed by atoms with E-state index in [1.165, 1.54) is 11.8 Å². The van der Waals surface area contributed by atoms with Gasteiger partial charge in [-0.05, 0) is 37.6 Å². The van der Waals surface area contributed by atoms with Crippen LogP contribution in [-0.4, -0.2) is 15.3 Å². The van der Waals surface area contributed by atoms with E-state index >= 15 is 0 Å². The Morgan fingerprint density at radius 1 is 1.21 bits per heavy atom. The molecule has 0 radical (unpaired) electrons. The Kier molecular flexibility index (Phi) is 5.07. The minimum absolute atomic E-state index is 0.0519. The third kappa shape index (κ3) is 3.40. The summed E-state index contributed by atoms with van der Waals surface area (Å²) >= 11 is 7.41. The van der Waals surface area contributed by atoms with Crippen LogP contribution >= 0.6 is 23.4 Å². The largest absolute Gasteiger partial charge is 0.268 e. The molecule has 0 amide bonds. The standard InChI is InChI=1S/C19H17ClN2OS/c1-13-7-3-6-10-17(13)22-18(23)15-8-4-5-9-16(15)21-19(22)24-12-11-14(2)20/h3-11H,12H2,1-2H3/b14-11+. The molecular weight excluding hydrogens is 340 g/mol. The molecule has 122 valence electrons. The molecule has 0 fully saturated rings. The molecule has 0 atom stereocenters. The Morgan fingerprint density at radius 2 is 1.92 bits per heavy atom. The normalized spacial score (nSPS) is 11.9. The molecule has 0 saturated carbocycles. The topological polar surface area (TPSA) is 34.9 Å². The molecule has 3 nitrogen and oxygen atoms in total. The summed E-state index contributed by atoms with van der Waals surface area (Å²) in [6, 6.07) is 15.3. The number of hydrogen-bond donors (Lipinski definition) is 0. The fourth-order valence-electron chi connectivity index (χ4n) is 2.47. The summed E-state index contributed by atoms with van der Waals surface area (Å²) in [5.74, 6) is 0.659. The molecule has 0 aliphatic carbocycles. The second-order valence-corrected chi connectivity index (χ2v) is 7.02. The SMILES string of the molecule is C/C(Cl)=C\CSc1nc2ccccc2c(=O)n1-c1ccccc1C. The van der Waals surface area contributed by atoms with Gasteiger partial charge in [0, 0.05) is 10.8 Å². The van der Waals surface area contributed by atoms with Gasteiger partial charge < -0.3 is 0 Å². The molecular formula is C19H17ClN2OS. The second-order valence-electron chi connectivity index (χ2n) is 5.44. The number of para-hydroxylation sites is 2. The van der Waals surface area contributed by atoms with Crippen LogP contribution in [0.3, 0.4) is 0 Å². The molecule has 3 aromatic rings.